The monoisotopic (exact) mass is 250 g/mol. The quantitative estimate of drug-likeness (QED) is 0.825. The summed E-state index contributed by atoms with van der Waals surface area (Å²) in [5.41, 5.74) is 0.966. The summed E-state index contributed by atoms with van der Waals surface area (Å²) in [6, 6.07) is 2.09. The largest absolute Gasteiger partial charge is 0.359 e. The molecular formula is C14H22N2O2. The Bertz CT molecular complexity index is 412. The van der Waals surface area contributed by atoms with Gasteiger partial charge < -0.3 is 9.42 Å². The van der Waals surface area contributed by atoms with Gasteiger partial charge in [0.1, 0.15) is 0 Å². The fourth-order valence-electron chi connectivity index (χ4n) is 2.48. The van der Waals surface area contributed by atoms with Crippen LogP contribution in [0.3, 0.4) is 0 Å². The molecule has 0 radical (unpaired) electrons. The van der Waals surface area contributed by atoms with Gasteiger partial charge in [-0.2, -0.15) is 0 Å². The molecule has 1 aliphatic heterocycles. The van der Waals surface area contributed by atoms with Crippen molar-refractivity contribution in [1.29, 1.82) is 0 Å². The first kappa shape index (κ1) is 13.1. The number of rotatable bonds is 4. The van der Waals surface area contributed by atoms with E-state index >= 15 is 0 Å². The number of nitrogens with zero attached hydrogens (tertiary/aromatic N) is 2. The topological polar surface area (TPSA) is 46.3 Å². The highest BCUT2D eigenvalue weighted by Gasteiger charge is 2.32. The van der Waals surface area contributed by atoms with Crippen molar-refractivity contribution in [1.82, 2.24) is 10.1 Å². The van der Waals surface area contributed by atoms with Crippen LogP contribution in [0.15, 0.2) is 10.6 Å². The summed E-state index contributed by atoms with van der Waals surface area (Å²) in [7, 11) is 0. The third-order valence-electron chi connectivity index (χ3n) is 3.42. The summed E-state index contributed by atoms with van der Waals surface area (Å²) in [5, 5.41) is 4.02. The van der Waals surface area contributed by atoms with Gasteiger partial charge in [-0.25, -0.2) is 0 Å². The number of likely N-dealkylation sites (tertiary alicyclic amines) is 1. The van der Waals surface area contributed by atoms with Gasteiger partial charge in [0.05, 0.1) is 11.7 Å². The normalized spacial score (nSPS) is 19.8. The minimum Gasteiger partial charge on any atom is -0.359 e. The first-order chi connectivity index (χ1) is 8.61. The third kappa shape index (κ3) is 2.74. The smallest absolute Gasteiger partial charge is 0.223 e. The molecule has 2 rings (SSSR count). The predicted molar refractivity (Wildman–Crippen MR) is 69.0 cm³/mol. The summed E-state index contributed by atoms with van der Waals surface area (Å²) in [4.78, 5) is 14.1. The number of amides is 1. The van der Waals surface area contributed by atoms with Crippen LogP contribution in [0.2, 0.25) is 0 Å². The molecule has 4 nitrogen and oxygen atoms in total. The molecule has 0 aromatic carbocycles. The summed E-state index contributed by atoms with van der Waals surface area (Å²) in [6.45, 7) is 7.05. The van der Waals surface area contributed by atoms with Gasteiger partial charge in [-0.3, -0.25) is 4.79 Å². The van der Waals surface area contributed by atoms with E-state index < -0.39 is 0 Å². The van der Waals surface area contributed by atoms with Gasteiger partial charge in [-0.1, -0.05) is 25.9 Å². The Balaban J connectivity index is 2.09. The average Bonchev–Trinajstić information content (AvgIpc) is 2.96. The minimum atomic E-state index is 0.101. The lowest BCUT2D eigenvalue weighted by Gasteiger charge is -2.23. The second-order valence-electron chi connectivity index (χ2n) is 5.42. The Morgan fingerprint density at radius 2 is 2.39 bits per heavy atom. The van der Waals surface area contributed by atoms with E-state index in [-0.39, 0.29) is 11.9 Å². The van der Waals surface area contributed by atoms with Crippen LogP contribution < -0.4 is 0 Å². The van der Waals surface area contributed by atoms with Gasteiger partial charge in [0.2, 0.25) is 5.91 Å². The number of hydrogen-bond donors (Lipinski definition) is 0. The van der Waals surface area contributed by atoms with Crippen molar-refractivity contribution >= 4 is 5.91 Å². The van der Waals surface area contributed by atoms with Crippen molar-refractivity contribution < 1.29 is 9.32 Å². The number of aromatic nitrogens is 1. The maximum absolute atomic E-state index is 12.2. The van der Waals surface area contributed by atoms with Gasteiger partial charge in [-0.05, 0) is 25.2 Å². The fourth-order valence-corrected chi connectivity index (χ4v) is 2.48. The van der Waals surface area contributed by atoms with Crippen molar-refractivity contribution in [3.05, 3.63) is 17.5 Å². The molecule has 0 spiro atoms. The minimum absolute atomic E-state index is 0.101. The van der Waals surface area contributed by atoms with Crippen LogP contribution in [0.25, 0.3) is 0 Å². The standard InChI is InChI=1S/C14H22N2O2/c1-4-11-9-13(18-15-11)12-6-5-7-16(12)14(17)8-10(2)3/h9-10,12H,4-8H2,1-3H3/t12-/m0/s1. The zero-order valence-electron chi connectivity index (χ0n) is 11.5. The molecule has 1 aromatic rings. The molecule has 0 saturated carbocycles. The molecule has 1 aromatic heterocycles. The second-order valence-corrected chi connectivity index (χ2v) is 5.42. The van der Waals surface area contributed by atoms with E-state index in [4.69, 9.17) is 4.52 Å². The van der Waals surface area contributed by atoms with Crippen LogP contribution in [0.1, 0.15) is 57.5 Å². The molecular weight excluding hydrogens is 228 g/mol. The van der Waals surface area contributed by atoms with Gasteiger partial charge in [0.25, 0.3) is 0 Å². The zero-order chi connectivity index (χ0) is 13.1. The lowest BCUT2D eigenvalue weighted by molar-refractivity contribution is -0.133. The lowest BCUT2D eigenvalue weighted by Crippen LogP contribution is -2.31. The lowest BCUT2D eigenvalue weighted by atomic mass is 10.1. The van der Waals surface area contributed by atoms with Crippen LogP contribution >= 0.6 is 0 Å². The second kappa shape index (κ2) is 5.55. The van der Waals surface area contributed by atoms with Crippen LogP contribution in [-0.4, -0.2) is 22.5 Å². The Kier molecular flexibility index (Phi) is 4.04. The maximum Gasteiger partial charge on any atom is 0.223 e. The third-order valence-corrected chi connectivity index (χ3v) is 3.42. The van der Waals surface area contributed by atoms with Crippen LogP contribution in [0.4, 0.5) is 0 Å². The van der Waals surface area contributed by atoms with Crippen molar-refractivity contribution in [3.63, 3.8) is 0 Å². The molecule has 1 atom stereocenters. The number of hydrogen-bond acceptors (Lipinski definition) is 3. The Morgan fingerprint density at radius 3 is 3.00 bits per heavy atom. The molecule has 1 amide bonds. The van der Waals surface area contributed by atoms with Gasteiger partial charge >= 0.3 is 0 Å². The highest BCUT2D eigenvalue weighted by molar-refractivity contribution is 5.77. The van der Waals surface area contributed by atoms with Crippen molar-refractivity contribution in [2.24, 2.45) is 5.92 Å². The molecule has 0 aliphatic carbocycles. The summed E-state index contributed by atoms with van der Waals surface area (Å²) < 4.78 is 5.38. The highest BCUT2D eigenvalue weighted by Crippen LogP contribution is 2.33. The van der Waals surface area contributed by atoms with E-state index in [1.807, 2.05) is 11.0 Å². The highest BCUT2D eigenvalue weighted by atomic mass is 16.5. The van der Waals surface area contributed by atoms with Crippen LogP contribution in [0.5, 0.6) is 0 Å². The predicted octanol–water partition coefficient (Wildman–Crippen LogP) is 2.95. The van der Waals surface area contributed by atoms with E-state index in [1.54, 1.807) is 0 Å². The molecule has 100 valence electrons. The summed E-state index contributed by atoms with van der Waals surface area (Å²) in [5.74, 6) is 1.49. The van der Waals surface area contributed by atoms with Gasteiger partial charge in [0, 0.05) is 19.0 Å². The SMILES string of the molecule is CCc1cc([C@@H]2CCCN2C(=O)CC(C)C)on1. The van der Waals surface area contributed by atoms with Gasteiger partial charge in [-0.15, -0.1) is 0 Å². The Hall–Kier alpha value is -1.32. The molecule has 1 saturated heterocycles. The van der Waals surface area contributed by atoms with E-state index in [0.717, 1.165) is 37.3 Å². The Morgan fingerprint density at radius 1 is 1.61 bits per heavy atom. The Labute approximate surface area is 108 Å². The molecule has 1 fully saturated rings. The van der Waals surface area contributed by atoms with Crippen molar-refractivity contribution in [2.45, 2.75) is 52.5 Å². The first-order valence-corrected chi connectivity index (χ1v) is 6.86. The summed E-state index contributed by atoms with van der Waals surface area (Å²) in [6.07, 6.45) is 3.53. The molecule has 18 heavy (non-hydrogen) atoms. The molecule has 0 unspecified atom stereocenters. The fraction of sp³-hybridized carbons (Fsp3) is 0.714. The molecule has 4 heteroatoms. The molecule has 0 N–H and O–H groups in total. The van der Waals surface area contributed by atoms with Crippen LogP contribution in [0, 0.1) is 5.92 Å². The van der Waals surface area contributed by atoms with Crippen molar-refractivity contribution in [2.75, 3.05) is 6.54 Å². The molecule has 2 heterocycles. The van der Waals surface area contributed by atoms with Gasteiger partial charge in [0.15, 0.2) is 5.76 Å². The molecule has 0 bridgehead atoms. The number of aryl methyl sites for hydroxylation is 1. The summed E-state index contributed by atoms with van der Waals surface area (Å²) >= 11 is 0. The number of carbonyl (C=O) groups is 1. The molecule has 1 aliphatic rings. The van der Waals surface area contributed by atoms with E-state index in [0.29, 0.717) is 12.3 Å². The van der Waals surface area contributed by atoms with E-state index in [1.165, 1.54) is 0 Å². The van der Waals surface area contributed by atoms with E-state index in [2.05, 4.69) is 25.9 Å². The van der Waals surface area contributed by atoms with Crippen molar-refractivity contribution in [3.8, 4) is 0 Å². The maximum atomic E-state index is 12.2. The number of carbonyl (C=O) groups excluding carboxylic acids is 1. The average molecular weight is 250 g/mol. The first-order valence-electron chi connectivity index (χ1n) is 6.86. The van der Waals surface area contributed by atoms with E-state index in [9.17, 15) is 4.79 Å². The van der Waals surface area contributed by atoms with Crippen LogP contribution in [-0.2, 0) is 11.2 Å². The zero-order valence-corrected chi connectivity index (χ0v) is 11.5.